The second kappa shape index (κ2) is 4.45. The summed E-state index contributed by atoms with van der Waals surface area (Å²) in [6.45, 7) is -1.73. The summed E-state index contributed by atoms with van der Waals surface area (Å²) in [7, 11) is -5.63. The number of halogens is 2. The number of Topliss-reactive ketones (excluding diaryl/α,β-unsaturated/α-hetero) is 1. The van der Waals surface area contributed by atoms with Gasteiger partial charge in [0.15, 0.2) is 6.61 Å². The van der Waals surface area contributed by atoms with Crippen molar-refractivity contribution in [1.29, 1.82) is 0 Å². The smallest absolute Gasteiger partial charge is 0.402 e. The third-order valence-electron chi connectivity index (χ3n) is 5.01. The molecule has 3 fully saturated rings. The molecule has 6 nitrogen and oxygen atoms in total. The van der Waals surface area contributed by atoms with Gasteiger partial charge in [0.05, 0.1) is 5.92 Å². The number of fused-ring (bicyclic) bond motifs is 1. The van der Waals surface area contributed by atoms with Crippen LogP contribution in [-0.2, 0) is 24.4 Å². The van der Waals surface area contributed by atoms with Gasteiger partial charge in [-0.1, -0.05) is 0 Å². The number of rotatable bonds is 4. The van der Waals surface area contributed by atoms with Crippen LogP contribution in [0.5, 0.6) is 0 Å². The number of alkyl halides is 2. The van der Waals surface area contributed by atoms with Crippen LogP contribution in [0.3, 0.4) is 0 Å². The number of esters is 1. The molecular weight excluding hydrogens is 310 g/mol. The van der Waals surface area contributed by atoms with Crippen LogP contribution in [-0.4, -0.2) is 36.6 Å². The van der Waals surface area contributed by atoms with Crippen molar-refractivity contribution >= 4 is 21.9 Å². The first-order chi connectivity index (χ1) is 9.62. The molecule has 0 radical (unpaired) electrons. The van der Waals surface area contributed by atoms with Gasteiger partial charge in [-0.2, -0.15) is 17.2 Å². The second-order valence-electron chi connectivity index (χ2n) is 6.10. The first-order valence-electron chi connectivity index (χ1n) is 6.66. The van der Waals surface area contributed by atoms with Crippen LogP contribution in [0.25, 0.3) is 0 Å². The standard InChI is InChI=1S/C12H14F2O6S/c13-12(14,21(17,18)19)4-20-11(16)9-6-1-5-3-8(15)10(9)7(5)2-6/h5-7,9-10H,1-4H2,(H,17,18,19). The molecule has 0 aliphatic heterocycles. The highest BCUT2D eigenvalue weighted by Gasteiger charge is 2.62. The van der Waals surface area contributed by atoms with Gasteiger partial charge in [0.25, 0.3) is 0 Å². The maximum atomic E-state index is 13.0. The molecule has 0 heterocycles. The van der Waals surface area contributed by atoms with Crippen molar-refractivity contribution in [2.75, 3.05) is 6.61 Å². The van der Waals surface area contributed by atoms with Crippen LogP contribution in [0.15, 0.2) is 0 Å². The monoisotopic (exact) mass is 324 g/mol. The van der Waals surface area contributed by atoms with E-state index in [1.54, 1.807) is 0 Å². The fourth-order valence-corrected chi connectivity index (χ4v) is 4.44. The zero-order valence-electron chi connectivity index (χ0n) is 10.9. The molecule has 3 aliphatic rings. The Bertz CT molecular complexity index is 599. The van der Waals surface area contributed by atoms with E-state index in [1.807, 2.05) is 0 Å². The predicted molar refractivity (Wildman–Crippen MR) is 63.8 cm³/mol. The first-order valence-corrected chi connectivity index (χ1v) is 8.10. The lowest BCUT2D eigenvalue weighted by molar-refractivity contribution is -0.159. The lowest BCUT2D eigenvalue weighted by Gasteiger charge is -2.25. The summed E-state index contributed by atoms with van der Waals surface area (Å²) in [5.74, 6) is -1.86. The van der Waals surface area contributed by atoms with E-state index in [0.29, 0.717) is 12.8 Å². The molecule has 0 amide bonds. The largest absolute Gasteiger partial charge is 0.458 e. The molecule has 0 aromatic rings. The molecule has 2 bridgehead atoms. The molecule has 9 heteroatoms. The Morgan fingerprint density at radius 2 is 2.00 bits per heavy atom. The van der Waals surface area contributed by atoms with Gasteiger partial charge >= 0.3 is 21.3 Å². The van der Waals surface area contributed by atoms with Crippen molar-refractivity contribution in [2.45, 2.75) is 24.5 Å². The van der Waals surface area contributed by atoms with Crippen LogP contribution >= 0.6 is 0 Å². The topological polar surface area (TPSA) is 97.7 Å². The van der Waals surface area contributed by atoms with E-state index in [-0.39, 0.29) is 23.5 Å². The van der Waals surface area contributed by atoms with Gasteiger partial charge in [0.1, 0.15) is 5.78 Å². The van der Waals surface area contributed by atoms with Crippen molar-refractivity contribution in [3.63, 3.8) is 0 Å². The van der Waals surface area contributed by atoms with Crippen molar-refractivity contribution in [3.05, 3.63) is 0 Å². The number of ether oxygens (including phenoxy) is 1. The molecule has 5 atom stereocenters. The van der Waals surface area contributed by atoms with Gasteiger partial charge in [0.2, 0.25) is 0 Å². The zero-order valence-corrected chi connectivity index (χ0v) is 11.7. The van der Waals surface area contributed by atoms with Crippen molar-refractivity contribution in [3.8, 4) is 0 Å². The molecule has 118 valence electrons. The molecular formula is C12H14F2O6S. The van der Waals surface area contributed by atoms with E-state index in [0.717, 1.165) is 6.42 Å². The minimum Gasteiger partial charge on any atom is -0.458 e. The Balaban J connectivity index is 1.69. The fourth-order valence-electron chi connectivity index (χ4n) is 4.23. The number of hydrogen-bond acceptors (Lipinski definition) is 5. The quantitative estimate of drug-likeness (QED) is 0.609. The number of carbonyl (C=O) groups is 2. The second-order valence-corrected chi connectivity index (χ2v) is 7.64. The number of carbonyl (C=O) groups excluding carboxylic acids is 2. The van der Waals surface area contributed by atoms with E-state index in [1.165, 1.54) is 0 Å². The zero-order chi connectivity index (χ0) is 15.6. The molecule has 3 saturated carbocycles. The molecule has 1 N–H and O–H groups in total. The fraction of sp³-hybridized carbons (Fsp3) is 0.833. The van der Waals surface area contributed by atoms with E-state index in [4.69, 9.17) is 4.55 Å². The molecule has 0 aromatic heterocycles. The van der Waals surface area contributed by atoms with E-state index < -0.39 is 39.8 Å². The van der Waals surface area contributed by atoms with Crippen LogP contribution < -0.4 is 0 Å². The summed E-state index contributed by atoms with van der Waals surface area (Å²) >= 11 is 0. The van der Waals surface area contributed by atoms with Crippen LogP contribution in [0.2, 0.25) is 0 Å². The summed E-state index contributed by atoms with van der Waals surface area (Å²) in [5.41, 5.74) is 0. The Labute approximate surface area is 119 Å². The van der Waals surface area contributed by atoms with E-state index in [2.05, 4.69) is 4.74 Å². The molecule has 3 aliphatic carbocycles. The molecule has 21 heavy (non-hydrogen) atoms. The van der Waals surface area contributed by atoms with E-state index in [9.17, 15) is 26.8 Å². The number of hydrogen-bond donors (Lipinski definition) is 1. The van der Waals surface area contributed by atoms with Crippen molar-refractivity contribution in [1.82, 2.24) is 0 Å². The highest BCUT2D eigenvalue weighted by Crippen LogP contribution is 2.61. The van der Waals surface area contributed by atoms with Gasteiger partial charge < -0.3 is 4.74 Å². The van der Waals surface area contributed by atoms with Crippen molar-refractivity contribution in [2.24, 2.45) is 29.6 Å². The highest BCUT2D eigenvalue weighted by atomic mass is 32.2. The first kappa shape index (κ1) is 14.8. The summed E-state index contributed by atoms with van der Waals surface area (Å²) in [6.07, 6.45) is 1.85. The Kier molecular flexibility index (Phi) is 3.14. The van der Waals surface area contributed by atoms with Crippen LogP contribution in [0.1, 0.15) is 19.3 Å². The molecule has 5 unspecified atom stereocenters. The van der Waals surface area contributed by atoms with E-state index >= 15 is 0 Å². The van der Waals surface area contributed by atoms with Crippen LogP contribution in [0.4, 0.5) is 8.78 Å². The SMILES string of the molecule is O=C(OCC(F)(F)S(=O)(=O)O)C1C2CC3CC(=O)C1C3C2. The van der Waals surface area contributed by atoms with Crippen molar-refractivity contribution < 1.29 is 36.1 Å². The number of ketones is 1. The summed E-state index contributed by atoms with van der Waals surface area (Å²) in [5, 5.41) is -4.54. The predicted octanol–water partition coefficient (Wildman–Crippen LogP) is 0.871. The normalized spacial score (nSPS) is 38.0. The van der Waals surface area contributed by atoms with Gasteiger partial charge in [-0.3, -0.25) is 14.1 Å². The maximum Gasteiger partial charge on any atom is 0.402 e. The minimum atomic E-state index is -5.63. The molecule has 3 rings (SSSR count). The Morgan fingerprint density at radius 3 is 2.62 bits per heavy atom. The minimum absolute atomic E-state index is 0.0338. The average molecular weight is 324 g/mol. The summed E-state index contributed by atoms with van der Waals surface area (Å²) in [4.78, 5) is 23.8. The summed E-state index contributed by atoms with van der Waals surface area (Å²) in [6, 6.07) is 0. The van der Waals surface area contributed by atoms with Gasteiger partial charge in [-0.15, -0.1) is 0 Å². The van der Waals surface area contributed by atoms with Gasteiger partial charge in [-0.25, -0.2) is 0 Å². The third kappa shape index (κ3) is 2.17. The van der Waals surface area contributed by atoms with Gasteiger partial charge in [-0.05, 0) is 30.6 Å². The van der Waals surface area contributed by atoms with Crippen LogP contribution in [0, 0.1) is 29.6 Å². The average Bonchev–Trinajstić information content (AvgIpc) is 2.95. The summed E-state index contributed by atoms with van der Waals surface area (Å²) < 4.78 is 59.7. The highest BCUT2D eigenvalue weighted by molar-refractivity contribution is 7.86. The molecule has 0 aromatic carbocycles. The lowest BCUT2D eigenvalue weighted by atomic mass is 9.80. The van der Waals surface area contributed by atoms with Gasteiger partial charge in [0, 0.05) is 12.3 Å². The Hall–Kier alpha value is -1.09. The molecule has 0 saturated heterocycles. The maximum absolute atomic E-state index is 13.0. The lowest BCUT2D eigenvalue weighted by Crippen LogP contribution is -2.38. The Morgan fingerprint density at radius 1 is 1.33 bits per heavy atom. The molecule has 0 spiro atoms. The third-order valence-corrected chi connectivity index (χ3v) is 5.88.